The fraction of sp³-hybridized carbons (Fsp3) is 0.750. The van der Waals surface area contributed by atoms with Crippen molar-refractivity contribution in [3.8, 4) is 0 Å². The Morgan fingerprint density at radius 3 is 2.69 bits per heavy atom. The second kappa shape index (κ2) is 5.42. The highest BCUT2D eigenvalue weighted by Gasteiger charge is 2.28. The first-order chi connectivity index (χ1) is 7.38. The molecule has 0 aliphatic carbocycles. The molecular weight excluding hydrogens is 245 g/mol. The highest BCUT2D eigenvalue weighted by molar-refractivity contribution is 8.00. The number of nitrogens with one attached hydrogen (secondary N) is 1. The van der Waals surface area contributed by atoms with E-state index in [1.165, 1.54) is 4.90 Å². The summed E-state index contributed by atoms with van der Waals surface area (Å²) in [5.74, 6) is -0.795. The van der Waals surface area contributed by atoms with Crippen molar-refractivity contribution in [1.29, 1.82) is 0 Å². The van der Waals surface area contributed by atoms with Gasteiger partial charge in [0.25, 0.3) is 0 Å². The summed E-state index contributed by atoms with van der Waals surface area (Å²) in [6.07, 6.45) is 0.141. The lowest BCUT2D eigenvalue weighted by Gasteiger charge is -2.19. The van der Waals surface area contributed by atoms with Crippen molar-refractivity contribution in [2.45, 2.75) is 11.9 Å². The van der Waals surface area contributed by atoms with Crippen LogP contribution in [-0.2, 0) is 9.59 Å². The van der Waals surface area contributed by atoms with Crippen LogP contribution in [0.25, 0.3) is 0 Å². The Hall–Kier alpha value is -0.920. The molecule has 1 heterocycles. The maximum atomic E-state index is 11.8. The van der Waals surface area contributed by atoms with Gasteiger partial charge in [0, 0.05) is 25.3 Å². The molecule has 0 bridgehead atoms. The molecule has 1 aliphatic rings. The van der Waals surface area contributed by atoms with Gasteiger partial charge < -0.3 is 10.2 Å². The third-order valence-electron chi connectivity index (χ3n) is 2.03. The topological polar surface area (TPSA) is 49.4 Å². The summed E-state index contributed by atoms with van der Waals surface area (Å²) in [5.41, 5.74) is -4.27. The van der Waals surface area contributed by atoms with Gasteiger partial charge in [-0.1, -0.05) is 0 Å². The minimum atomic E-state index is -4.27. The molecule has 92 valence electrons. The van der Waals surface area contributed by atoms with E-state index in [9.17, 15) is 22.8 Å². The fourth-order valence-electron chi connectivity index (χ4n) is 1.24. The number of carbonyl (C=O) groups excluding carboxylic acids is 2. The van der Waals surface area contributed by atoms with E-state index in [0.29, 0.717) is 0 Å². The molecule has 4 nitrogen and oxygen atoms in total. The second-order valence-electron chi connectivity index (χ2n) is 3.20. The van der Waals surface area contributed by atoms with Gasteiger partial charge in [0.05, 0.1) is 6.54 Å². The Morgan fingerprint density at radius 1 is 1.38 bits per heavy atom. The molecule has 0 aromatic carbocycles. The normalized spacial score (nSPS) is 18.3. The van der Waals surface area contributed by atoms with Gasteiger partial charge in [0.1, 0.15) is 0 Å². The monoisotopic (exact) mass is 256 g/mol. The van der Waals surface area contributed by atoms with E-state index in [-0.39, 0.29) is 55.4 Å². The van der Waals surface area contributed by atoms with Gasteiger partial charge in [-0.15, -0.1) is 0 Å². The van der Waals surface area contributed by atoms with Crippen LogP contribution in [0.4, 0.5) is 13.2 Å². The molecule has 2 amide bonds. The minimum Gasteiger partial charge on any atom is -0.347 e. The molecule has 0 radical (unpaired) electrons. The van der Waals surface area contributed by atoms with E-state index in [4.69, 9.17) is 0 Å². The molecule has 1 N–H and O–H groups in total. The van der Waals surface area contributed by atoms with Gasteiger partial charge in [-0.25, -0.2) is 0 Å². The third-order valence-corrected chi connectivity index (χ3v) is 2.74. The predicted molar refractivity (Wildman–Crippen MR) is 52.7 cm³/mol. The zero-order valence-corrected chi connectivity index (χ0v) is 9.16. The average Bonchev–Trinajstić information content (AvgIpc) is 2.30. The minimum absolute atomic E-state index is 0.0119. The van der Waals surface area contributed by atoms with Gasteiger partial charge in [-0.3, -0.25) is 9.59 Å². The number of rotatable bonds is 3. The Labute approximate surface area is 94.5 Å². The molecule has 16 heavy (non-hydrogen) atoms. The van der Waals surface area contributed by atoms with Crippen LogP contribution in [0.3, 0.4) is 0 Å². The van der Waals surface area contributed by atoms with Crippen LogP contribution in [-0.4, -0.2) is 47.6 Å². The maximum absolute atomic E-state index is 11.8. The zero-order valence-electron chi connectivity index (χ0n) is 8.34. The molecule has 8 heteroatoms. The van der Waals surface area contributed by atoms with Crippen molar-refractivity contribution in [2.75, 3.05) is 25.4 Å². The zero-order chi connectivity index (χ0) is 12.2. The van der Waals surface area contributed by atoms with E-state index in [0.717, 1.165) is 0 Å². The first kappa shape index (κ1) is 13.1. The molecule has 0 aromatic rings. The largest absolute Gasteiger partial charge is 0.441 e. The van der Waals surface area contributed by atoms with Crippen LogP contribution < -0.4 is 5.32 Å². The molecule has 0 aromatic heterocycles. The molecule has 0 spiro atoms. The average molecular weight is 256 g/mol. The standard InChI is InChI=1S/C8H11F3N2O2S/c9-8(10,11)16-4-3-13-2-1-6(14)12-5-7(13)15/h1-5H2,(H,12,14). The van der Waals surface area contributed by atoms with Crippen LogP contribution in [0.1, 0.15) is 6.42 Å². The summed E-state index contributed by atoms with van der Waals surface area (Å²) in [7, 11) is 0. The first-order valence-electron chi connectivity index (χ1n) is 4.63. The van der Waals surface area contributed by atoms with E-state index < -0.39 is 5.51 Å². The van der Waals surface area contributed by atoms with Crippen molar-refractivity contribution in [3.63, 3.8) is 0 Å². The van der Waals surface area contributed by atoms with E-state index in [1.807, 2.05) is 0 Å². The second-order valence-corrected chi connectivity index (χ2v) is 4.36. The van der Waals surface area contributed by atoms with Gasteiger partial charge in [0.15, 0.2) is 0 Å². The quantitative estimate of drug-likeness (QED) is 0.804. The summed E-state index contributed by atoms with van der Waals surface area (Å²) in [5, 5.41) is 2.37. The number of hydrogen-bond acceptors (Lipinski definition) is 3. The highest BCUT2D eigenvalue weighted by Crippen LogP contribution is 2.29. The van der Waals surface area contributed by atoms with E-state index in [1.54, 1.807) is 0 Å². The molecule has 0 unspecified atom stereocenters. The Balaban J connectivity index is 2.35. The number of thioether (sulfide) groups is 1. The number of halogens is 3. The van der Waals surface area contributed by atoms with Crippen LogP contribution in [0, 0.1) is 0 Å². The summed E-state index contributed by atoms with van der Waals surface area (Å²) in [4.78, 5) is 23.5. The lowest BCUT2D eigenvalue weighted by molar-refractivity contribution is -0.129. The van der Waals surface area contributed by atoms with Gasteiger partial charge in [0.2, 0.25) is 11.8 Å². The number of carbonyl (C=O) groups is 2. The van der Waals surface area contributed by atoms with Crippen LogP contribution >= 0.6 is 11.8 Å². The lowest BCUT2D eigenvalue weighted by Crippen LogP contribution is -2.36. The first-order valence-corrected chi connectivity index (χ1v) is 5.62. The smallest absolute Gasteiger partial charge is 0.347 e. The van der Waals surface area contributed by atoms with Crippen molar-refractivity contribution in [2.24, 2.45) is 0 Å². The molecule has 1 aliphatic heterocycles. The molecule has 0 saturated carbocycles. The van der Waals surface area contributed by atoms with Gasteiger partial charge >= 0.3 is 5.51 Å². The molecule has 1 rings (SSSR count). The van der Waals surface area contributed by atoms with Crippen molar-refractivity contribution in [3.05, 3.63) is 0 Å². The van der Waals surface area contributed by atoms with Crippen molar-refractivity contribution in [1.82, 2.24) is 10.2 Å². The Bertz CT molecular complexity index is 283. The maximum Gasteiger partial charge on any atom is 0.441 e. The number of alkyl halides is 3. The van der Waals surface area contributed by atoms with Gasteiger partial charge in [-0.05, 0) is 11.8 Å². The van der Waals surface area contributed by atoms with Crippen LogP contribution in [0.15, 0.2) is 0 Å². The summed E-state index contributed by atoms with van der Waals surface area (Å²) >= 11 is -0.162. The lowest BCUT2D eigenvalue weighted by atomic mass is 10.4. The third kappa shape index (κ3) is 4.73. The SMILES string of the molecule is O=C1CCN(CCSC(F)(F)F)C(=O)CN1. The Kier molecular flexibility index (Phi) is 4.45. The molecule has 1 saturated heterocycles. The van der Waals surface area contributed by atoms with Crippen LogP contribution in [0.5, 0.6) is 0 Å². The van der Waals surface area contributed by atoms with Crippen LogP contribution in [0.2, 0.25) is 0 Å². The van der Waals surface area contributed by atoms with Crippen molar-refractivity contribution >= 4 is 23.6 Å². The molecule has 1 fully saturated rings. The highest BCUT2D eigenvalue weighted by atomic mass is 32.2. The van der Waals surface area contributed by atoms with E-state index in [2.05, 4.69) is 5.32 Å². The predicted octanol–water partition coefficient (Wildman–Crippen LogP) is 0.588. The summed E-state index contributed by atoms with van der Waals surface area (Å²) < 4.78 is 35.5. The number of nitrogens with zero attached hydrogens (tertiary/aromatic N) is 1. The van der Waals surface area contributed by atoms with Gasteiger partial charge in [-0.2, -0.15) is 13.2 Å². The van der Waals surface area contributed by atoms with E-state index >= 15 is 0 Å². The Morgan fingerprint density at radius 2 is 2.06 bits per heavy atom. The number of amides is 2. The van der Waals surface area contributed by atoms with Crippen molar-refractivity contribution < 1.29 is 22.8 Å². The fourth-order valence-corrected chi connectivity index (χ4v) is 1.79. The summed E-state index contributed by atoms with van der Waals surface area (Å²) in [6, 6.07) is 0. The molecular formula is C8H11F3N2O2S. The number of hydrogen-bond donors (Lipinski definition) is 1. The summed E-state index contributed by atoms with van der Waals surface area (Å²) in [6.45, 7) is 0.0660. The molecule has 0 atom stereocenters.